The van der Waals surface area contributed by atoms with Crippen molar-refractivity contribution < 1.29 is 13.5 Å². The highest BCUT2D eigenvalue weighted by atomic mass is 32.2. The SMILES string of the molecule is CCCNS(=O)(=O)NC1CCC(O)CC1. The Morgan fingerprint density at radius 2 is 1.87 bits per heavy atom. The van der Waals surface area contributed by atoms with E-state index in [1.165, 1.54) is 0 Å². The standard InChI is InChI=1S/C9H20N2O3S/c1-2-7-10-15(13,14)11-8-3-5-9(12)6-4-8/h8-12H,2-7H2,1H3. The van der Waals surface area contributed by atoms with Crippen LogP contribution < -0.4 is 9.44 Å². The second kappa shape index (κ2) is 5.79. The second-order valence-corrected chi connectivity index (χ2v) is 5.55. The minimum Gasteiger partial charge on any atom is -0.393 e. The molecule has 0 bridgehead atoms. The van der Waals surface area contributed by atoms with Crippen molar-refractivity contribution in [1.82, 2.24) is 9.44 Å². The first-order valence-corrected chi connectivity index (χ1v) is 6.97. The minimum atomic E-state index is -3.34. The minimum absolute atomic E-state index is 0.0252. The Morgan fingerprint density at radius 3 is 2.40 bits per heavy atom. The van der Waals surface area contributed by atoms with Gasteiger partial charge in [0.1, 0.15) is 0 Å². The Kier molecular flexibility index (Phi) is 4.98. The summed E-state index contributed by atoms with van der Waals surface area (Å²) in [6.45, 7) is 2.38. The highest BCUT2D eigenvalue weighted by Gasteiger charge is 2.22. The molecule has 1 aliphatic carbocycles. The van der Waals surface area contributed by atoms with Crippen LogP contribution in [0.5, 0.6) is 0 Å². The van der Waals surface area contributed by atoms with Crippen LogP contribution in [0.1, 0.15) is 39.0 Å². The number of hydrogen-bond acceptors (Lipinski definition) is 3. The molecule has 90 valence electrons. The summed E-state index contributed by atoms with van der Waals surface area (Å²) in [7, 11) is -3.34. The van der Waals surface area contributed by atoms with Gasteiger partial charge in [-0.15, -0.1) is 0 Å². The molecule has 0 amide bonds. The zero-order chi connectivity index (χ0) is 11.3. The van der Waals surface area contributed by atoms with Gasteiger partial charge in [0.15, 0.2) is 0 Å². The van der Waals surface area contributed by atoms with Gasteiger partial charge in [0.25, 0.3) is 10.2 Å². The largest absolute Gasteiger partial charge is 0.393 e. The van der Waals surface area contributed by atoms with Crippen LogP contribution >= 0.6 is 0 Å². The Labute approximate surface area is 91.4 Å². The van der Waals surface area contributed by atoms with Crippen LogP contribution in [-0.4, -0.2) is 32.2 Å². The van der Waals surface area contributed by atoms with Gasteiger partial charge < -0.3 is 5.11 Å². The predicted octanol–water partition coefficient (Wildman–Crippen LogP) is 0.124. The van der Waals surface area contributed by atoms with E-state index in [0.717, 1.165) is 6.42 Å². The van der Waals surface area contributed by atoms with Crippen molar-refractivity contribution in [3.8, 4) is 0 Å². The van der Waals surface area contributed by atoms with Crippen molar-refractivity contribution in [3.05, 3.63) is 0 Å². The average Bonchev–Trinajstić information content (AvgIpc) is 2.18. The highest BCUT2D eigenvalue weighted by molar-refractivity contribution is 7.87. The summed E-state index contributed by atoms with van der Waals surface area (Å²) in [5.74, 6) is 0. The molecular formula is C9H20N2O3S. The Morgan fingerprint density at radius 1 is 1.27 bits per heavy atom. The van der Waals surface area contributed by atoms with E-state index < -0.39 is 10.2 Å². The summed E-state index contributed by atoms with van der Waals surface area (Å²) < 4.78 is 28.0. The fourth-order valence-electron chi connectivity index (χ4n) is 1.69. The van der Waals surface area contributed by atoms with E-state index in [0.29, 0.717) is 32.2 Å². The maximum Gasteiger partial charge on any atom is 0.277 e. The summed E-state index contributed by atoms with van der Waals surface area (Å²) in [6.07, 6.45) is 3.32. The molecule has 5 nitrogen and oxygen atoms in total. The monoisotopic (exact) mass is 236 g/mol. The molecule has 6 heteroatoms. The molecule has 3 N–H and O–H groups in total. The lowest BCUT2D eigenvalue weighted by atomic mass is 9.94. The lowest BCUT2D eigenvalue weighted by Gasteiger charge is -2.25. The maximum absolute atomic E-state index is 11.5. The van der Waals surface area contributed by atoms with Crippen molar-refractivity contribution in [2.45, 2.75) is 51.2 Å². The third-order valence-electron chi connectivity index (χ3n) is 2.56. The van der Waals surface area contributed by atoms with Crippen LogP contribution in [0.3, 0.4) is 0 Å². The molecule has 0 aromatic heterocycles. The zero-order valence-electron chi connectivity index (χ0n) is 9.07. The number of nitrogens with one attached hydrogen (secondary N) is 2. The molecule has 0 aromatic rings. The molecule has 1 rings (SSSR count). The van der Waals surface area contributed by atoms with Crippen molar-refractivity contribution in [1.29, 1.82) is 0 Å². The van der Waals surface area contributed by atoms with Gasteiger partial charge >= 0.3 is 0 Å². The third kappa shape index (κ3) is 4.92. The molecule has 15 heavy (non-hydrogen) atoms. The maximum atomic E-state index is 11.5. The van der Waals surface area contributed by atoms with Crippen LogP contribution in [0.4, 0.5) is 0 Å². The normalized spacial score (nSPS) is 27.9. The van der Waals surface area contributed by atoms with E-state index in [4.69, 9.17) is 0 Å². The van der Waals surface area contributed by atoms with Crippen molar-refractivity contribution in [3.63, 3.8) is 0 Å². The topological polar surface area (TPSA) is 78.4 Å². The first kappa shape index (κ1) is 12.9. The van der Waals surface area contributed by atoms with Crippen molar-refractivity contribution in [2.75, 3.05) is 6.54 Å². The van der Waals surface area contributed by atoms with Crippen LogP contribution in [0, 0.1) is 0 Å². The van der Waals surface area contributed by atoms with Gasteiger partial charge in [-0.3, -0.25) is 0 Å². The Hall–Kier alpha value is -0.170. The summed E-state index contributed by atoms with van der Waals surface area (Å²) in [6, 6.07) is -0.0252. The molecule has 0 atom stereocenters. The third-order valence-corrected chi connectivity index (χ3v) is 3.79. The average molecular weight is 236 g/mol. The second-order valence-electron chi connectivity index (χ2n) is 4.02. The van der Waals surface area contributed by atoms with Crippen LogP contribution in [0.25, 0.3) is 0 Å². The molecule has 0 saturated heterocycles. The van der Waals surface area contributed by atoms with E-state index in [1.807, 2.05) is 6.92 Å². The fraction of sp³-hybridized carbons (Fsp3) is 1.00. The number of aliphatic hydroxyl groups is 1. The van der Waals surface area contributed by atoms with Gasteiger partial charge in [-0.2, -0.15) is 13.1 Å². The van der Waals surface area contributed by atoms with Gasteiger partial charge in [-0.25, -0.2) is 4.72 Å². The summed E-state index contributed by atoms with van der Waals surface area (Å²) >= 11 is 0. The van der Waals surface area contributed by atoms with Gasteiger partial charge in [-0.05, 0) is 32.1 Å². The first-order chi connectivity index (χ1) is 7.03. The molecule has 0 heterocycles. The van der Waals surface area contributed by atoms with Crippen molar-refractivity contribution in [2.24, 2.45) is 0 Å². The van der Waals surface area contributed by atoms with Crippen LogP contribution in [0.2, 0.25) is 0 Å². The van der Waals surface area contributed by atoms with E-state index >= 15 is 0 Å². The van der Waals surface area contributed by atoms with E-state index in [-0.39, 0.29) is 12.1 Å². The molecule has 1 saturated carbocycles. The van der Waals surface area contributed by atoms with E-state index in [9.17, 15) is 13.5 Å². The number of aliphatic hydroxyl groups excluding tert-OH is 1. The summed E-state index contributed by atoms with van der Waals surface area (Å²) in [4.78, 5) is 0. The van der Waals surface area contributed by atoms with Gasteiger partial charge in [0.05, 0.1) is 6.10 Å². The molecule has 0 radical (unpaired) electrons. The molecular weight excluding hydrogens is 216 g/mol. The molecule has 0 aliphatic heterocycles. The molecule has 1 aliphatic rings. The van der Waals surface area contributed by atoms with Crippen LogP contribution in [-0.2, 0) is 10.2 Å². The van der Waals surface area contributed by atoms with Gasteiger partial charge in [0, 0.05) is 12.6 Å². The summed E-state index contributed by atoms with van der Waals surface area (Å²) in [5.41, 5.74) is 0. The fourth-order valence-corrected chi connectivity index (χ4v) is 2.92. The quantitative estimate of drug-likeness (QED) is 0.634. The predicted molar refractivity (Wildman–Crippen MR) is 58.6 cm³/mol. The summed E-state index contributed by atoms with van der Waals surface area (Å²) in [5, 5.41) is 9.27. The van der Waals surface area contributed by atoms with Gasteiger partial charge in [0.2, 0.25) is 0 Å². The molecule has 0 unspecified atom stereocenters. The lowest BCUT2D eigenvalue weighted by molar-refractivity contribution is 0.120. The Balaban J connectivity index is 2.34. The first-order valence-electron chi connectivity index (χ1n) is 5.48. The molecule has 1 fully saturated rings. The van der Waals surface area contributed by atoms with E-state index in [1.54, 1.807) is 0 Å². The number of rotatable bonds is 5. The highest BCUT2D eigenvalue weighted by Crippen LogP contribution is 2.18. The number of hydrogen-bond donors (Lipinski definition) is 3. The zero-order valence-corrected chi connectivity index (χ0v) is 9.89. The van der Waals surface area contributed by atoms with E-state index in [2.05, 4.69) is 9.44 Å². The molecule has 0 aromatic carbocycles. The van der Waals surface area contributed by atoms with Crippen molar-refractivity contribution >= 4 is 10.2 Å². The molecule has 0 spiro atoms. The lowest BCUT2D eigenvalue weighted by Crippen LogP contribution is -2.44. The van der Waals surface area contributed by atoms with Gasteiger partial charge in [-0.1, -0.05) is 6.92 Å². The van der Waals surface area contributed by atoms with Crippen LogP contribution in [0.15, 0.2) is 0 Å². The smallest absolute Gasteiger partial charge is 0.277 e. The Bertz CT molecular complexity index is 271.